The molecule has 0 heterocycles. The van der Waals surface area contributed by atoms with Crippen LogP contribution in [0.4, 0.5) is 8.78 Å². The maximum atomic E-state index is 13.6. The minimum absolute atomic E-state index is 0.163. The largest absolute Gasteiger partial charge is 0.349 e. The molecule has 0 aliphatic carbocycles. The molecule has 1 aromatic rings. The summed E-state index contributed by atoms with van der Waals surface area (Å²) in [6, 6.07) is 2.49. The van der Waals surface area contributed by atoms with Crippen molar-refractivity contribution in [3.05, 3.63) is 35.4 Å². The Morgan fingerprint density at radius 1 is 1.35 bits per heavy atom. The molecule has 1 aromatic carbocycles. The van der Waals surface area contributed by atoms with Gasteiger partial charge in [0, 0.05) is 24.1 Å². The number of rotatable bonds is 4. The number of benzene rings is 1. The number of hydrogen-bond donors (Lipinski definition) is 2. The number of nitrogens with two attached hydrogens (primary N) is 1. The van der Waals surface area contributed by atoms with Crippen LogP contribution in [-0.4, -0.2) is 11.9 Å². The van der Waals surface area contributed by atoms with Crippen LogP contribution in [0, 0.1) is 17.0 Å². The zero-order valence-electron chi connectivity index (χ0n) is 12.3. The van der Waals surface area contributed by atoms with E-state index in [2.05, 4.69) is 5.32 Å². The third-order valence-electron chi connectivity index (χ3n) is 3.32. The predicted molar refractivity (Wildman–Crippen MR) is 75.0 cm³/mol. The van der Waals surface area contributed by atoms with Gasteiger partial charge in [-0.3, -0.25) is 4.79 Å². The van der Waals surface area contributed by atoms with Gasteiger partial charge in [-0.15, -0.1) is 0 Å². The van der Waals surface area contributed by atoms with Gasteiger partial charge in [0.2, 0.25) is 5.91 Å². The van der Waals surface area contributed by atoms with Gasteiger partial charge in [-0.1, -0.05) is 26.8 Å². The van der Waals surface area contributed by atoms with Crippen molar-refractivity contribution in [1.29, 1.82) is 0 Å². The van der Waals surface area contributed by atoms with Crippen LogP contribution in [0.2, 0.25) is 0 Å². The third-order valence-corrected chi connectivity index (χ3v) is 3.32. The van der Waals surface area contributed by atoms with Gasteiger partial charge in [0.1, 0.15) is 11.6 Å². The molecule has 0 aliphatic heterocycles. The van der Waals surface area contributed by atoms with E-state index in [-0.39, 0.29) is 29.3 Å². The van der Waals surface area contributed by atoms with E-state index in [0.29, 0.717) is 0 Å². The quantitative estimate of drug-likeness (QED) is 0.893. The van der Waals surface area contributed by atoms with Gasteiger partial charge in [-0.25, -0.2) is 8.78 Å². The summed E-state index contributed by atoms with van der Waals surface area (Å²) in [4.78, 5) is 11.9. The van der Waals surface area contributed by atoms with Crippen molar-refractivity contribution in [1.82, 2.24) is 5.32 Å². The minimum atomic E-state index is -0.669. The van der Waals surface area contributed by atoms with Crippen molar-refractivity contribution < 1.29 is 13.6 Å². The average Bonchev–Trinajstić information content (AvgIpc) is 2.26. The maximum absolute atomic E-state index is 13.6. The molecule has 0 bridgehead atoms. The summed E-state index contributed by atoms with van der Waals surface area (Å²) in [6.45, 7) is 7.51. The number of carbonyl (C=O) groups excluding carboxylic acids is 1. The highest BCUT2D eigenvalue weighted by Crippen LogP contribution is 2.21. The molecule has 1 rings (SSSR count). The van der Waals surface area contributed by atoms with Crippen LogP contribution >= 0.6 is 0 Å². The second-order valence-corrected chi connectivity index (χ2v) is 6.13. The summed E-state index contributed by atoms with van der Waals surface area (Å²) in [5, 5.41) is 2.68. The Morgan fingerprint density at radius 2 is 1.95 bits per heavy atom. The molecular weight excluding hydrogens is 262 g/mol. The molecule has 0 saturated carbocycles. The summed E-state index contributed by atoms with van der Waals surface area (Å²) in [5.74, 6) is -1.55. The molecule has 0 radical (unpaired) electrons. The highest BCUT2D eigenvalue weighted by atomic mass is 19.1. The van der Waals surface area contributed by atoms with E-state index < -0.39 is 17.7 Å². The fraction of sp³-hybridized carbons (Fsp3) is 0.533. The summed E-state index contributed by atoms with van der Waals surface area (Å²) < 4.78 is 26.4. The first-order valence-corrected chi connectivity index (χ1v) is 6.61. The Morgan fingerprint density at radius 3 is 2.45 bits per heavy atom. The van der Waals surface area contributed by atoms with Gasteiger partial charge in [0.05, 0.1) is 6.04 Å². The van der Waals surface area contributed by atoms with Gasteiger partial charge in [0.25, 0.3) is 0 Å². The Hall–Kier alpha value is -1.49. The summed E-state index contributed by atoms with van der Waals surface area (Å²) >= 11 is 0. The zero-order chi connectivity index (χ0) is 15.5. The maximum Gasteiger partial charge on any atom is 0.222 e. The Labute approximate surface area is 118 Å². The van der Waals surface area contributed by atoms with Crippen LogP contribution in [-0.2, 0) is 4.79 Å². The van der Waals surface area contributed by atoms with Crippen LogP contribution in [0.1, 0.15) is 45.7 Å². The molecule has 3 N–H and O–H groups in total. The number of nitrogens with one attached hydrogen (secondary N) is 1. The first-order chi connectivity index (χ1) is 9.11. The molecule has 5 heteroatoms. The molecule has 0 spiro atoms. The van der Waals surface area contributed by atoms with Gasteiger partial charge < -0.3 is 11.1 Å². The zero-order valence-corrected chi connectivity index (χ0v) is 12.3. The number of carbonyl (C=O) groups is 1. The lowest BCUT2D eigenvalue weighted by Gasteiger charge is -2.27. The van der Waals surface area contributed by atoms with E-state index in [0.717, 1.165) is 6.07 Å². The lowest BCUT2D eigenvalue weighted by atomic mass is 9.85. The molecular formula is C15H22F2N2O. The smallest absolute Gasteiger partial charge is 0.222 e. The molecule has 1 amide bonds. The third kappa shape index (κ3) is 4.56. The number of halogens is 2. The number of hydrogen-bond acceptors (Lipinski definition) is 2. The Bertz CT molecular complexity index is 483. The molecule has 3 nitrogen and oxygen atoms in total. The molecule has 20 heavy (non-hydrogen) atoms. The van der Waals surface area contributed by atoms with Crippen molar-refractivity contribution in [3.63, 3.8) is 0 Å². The molecule has 0 aliphatic rings. The fourth-order valence-corrected chi connectivity index (χ4v) is 1.74. The summed E-state index contributed by atoms with van der Waals surface area (Å²) in [7, 11) is 0. The fourth-order valence-electron chi connectivity index (χ4n) is 1.74. The van der Waals surface area contributed by atoms with Gasteiger partial charge in [0.15, 0.2) is 0 Å². The van der Waals surface area contributed by atoms with Crippen LogP contribution in [0.25, 0.3) is 0 Å². The molecule has 0 aromatic heterocycles. The topological polar surface area (TPSA) is 55.1 Å². The molecule has 2 atom stereocenters. The van der Waals surface area contributed by atoms with E-state index in [4.69, 9.17) is 5.73 Å². The van der Waals surface area contributed by atoms with Crippen LogP contribution in [0.5, 0.6) is 0 Å². The second-order valence-electron chi connectivity index (χ2n) is 6.13. The van der Waals surface area contributed by atoms with Gasteiger partial charge in [-0.05, 0) is 18.4 Å². The van der Waals surface area contributed by atoms with E-state index in [1.54, 1.807) is 6.92 Å². The van der Waals surface area contributed by atoms with Gasteiger partial charge in [-0.2, -0.15) is 0 Å². The molecule has 112 valence electrons. The van der Waals surface area contributed by atoms with E-state index in [9.17, 15) is 13.6 Å². The van der Waals surface area contributed by atoms with Gasteiger partial charge >= 0.3 is 0 Å². The predicted octanol–water partition coefficient (Wildman–Crippen LogP) is 2.91. The van der Waals surface area contributed by atoms with E-state index in [1.165, 1.54) is 12.1 Å². The lowest BCUT2D eigenvalue weighted by Crippen LogP contribution is -2.40. The standard InChI is InChI=1S/C15H22F2N2O/c1-9(11-6-5-10(16)7-12(11)17)19-14(20)8-13(18)15(2,3)4/h5-7,9,13H,8,18H2,1-4H3,(H,19,20). The van der Waals surface area contributed by atoms with E-state index >= 15 is 0 Å². The molecule has 0 saturated heterocycles. The second kappa shape index (κ2) is 6.31. The van der Waals surface area contributed by atoms with Crippen molar-refractivity contribution in [2.75, 3.05) is 0 Å². The van der Waals surface area contributed by atoms with Crippen molar-refractivity contribution in [2.24, 2.45) is 11.1 Å². The summed E-state index contributed by atoms with van der Waals surface area (Å²) in [5.41, 5.74) is 6.01. The van der Waals surface area contributed by atoms with Crippen LogP contribution in [0.15, 0.2) is 18.2 Å². The monoisotopic (exact) mass is 284 g/mol. The Kier molecular flexibility index (Phi) is 5.22. The normalized spacial score (nSPS) is 14.8. The first kappa shape index (κ1) is 16.6. The van der Waals surface area contributed by atoms with Crippen LogP contribution in [0.3, 0.4) is 0 Å². The number of amides is 1. The molecule has 2 unspecified atom stereocenters. The van der Waals surface area contributed by atoms with Crippen molar-refractivity contribution in [2.45, 2.75) is 46.2 Å². The highest BCUT2D eigenvalue weighted by molar-refractivity contribution is 5.77. The van der Waals surface area contributed by atoms with Crippen molar-refractivity contribution >= 4 is 5.91 Å². The van der Waals surface area contributed by atoms with Crippen LogP contribution < -0.4 is 11.1 Å². The minimum Gasteiger partial charge on any atom is -0.349 e. The Balaban J connectivity index is 2.66. The lowest BCUT2D eigenvalue weighted by molar-refractivity contribution is -0.122. The average molecular weight is 284 g/mol. The highest BCUT2D eigenvalue weighted by Gasteiger charge is 2.24. The van der Waals surface area contributed by atoms with E-state index in [1.807, 2.05) is 20.8 Å². The van der Waals surface area contributed by atoms with Crippen molar-refractivity contribution in [3.8, 4) is 0 Å². The first-order valence-electron chi connectivity index (χ1n) is 6.61. The summed E-state index contributed by atoms with van der Waals surface area (Å²) in [6.07, 6.45) is 0.163. The molecule has 0 fully saturated rings. The SMILES string of the molecule is CC(NC(=O)CC(N)C(C)(C)C)c1ccc(F)cc1F.